The molecule has 4 heteroatoms. The maximum atomic E-state index is 5.63. The summed E-state index contributed by atoms with van der Waals surface area (Å²) in [6.07, 6.45) is 0.801. The number of nitrogens with one attached hydrogen (secondary N) is 1. The molecule has 0 bridgehead atoms. The third-order valence-corrected chi connectivity index (χ3v) is 2.21. The summed E-state index contributed by atoms with van der Waals surface area (Å²) in [7, 11) is 0. The lowest BCUT2D eigenvalue weighted by Crippen LogP contribution is -1.87. The van der Waals surface area contributed by atoms with Gasteiger partial charge >= 0.3 is 0 Å². The lowest BCUT2D eigenvalue weighted by molar-refractivity contribution is 1.01. The molecule has 2 rings (SSSR count). The number of alkyl halides is 1. The van der Waals surface area contributed by atoms with Gasteiger partial charge < -0.3 is 4.98 Å². The number of fused-ring (bicyclic) bond motifs is 1. The molecule has 0 fully saturated rings. The predicted molar refractivity (Wildman–Crippen MR) is 62.5 cm³/mol. The summed E-state index contributed by atoms with van der Waals surface area (Å²) in [5.41, 5.74) is 3.36. The van der Waals surface area contributed by atoms with E-state index in [-0.39, 0.29) is 12.4 Å². The maximum absolute atomic E-state index is 5.63. The van der Waals surface area contributed by atoms with E-state index in [9.17, 15) is 0 Å². The quantitative estimate of drug-likeness (QED) is 0.790. The van der Waals surface area contributed by atoms with Crippen LogP contribution in [0.25, 0.3) is 11.0 Å². The molecule has 76 valence electrons. The molecule has 0 amide bonds. The lowest BCUT2D eigenvalue weighted by atomic mass is 10.2. The van der Waals surface area contributed by atoms with Gasteiger partial charge in [-0.15, -0.1) is 24.0 Å². The van der Waals surface area contributed by atoms with Crippen LogP contribution in [-0.4, -0.2) is 15.8 Å². The third-order valence-electron chi connectivity index (χ3n) is 2.02. The molecule has 0 radical (unpaired) electrons. The van der Waals surface area contributed by atoms with Crippen LogP contribution >= 0.6 is 24.0 Å². The van der Waals surface area contributed by atoms with E-state index < -0.39 is 0 Å². The van der Waals surface area contributed by atoms with Gasteiger partial charge in [-0.2, -0.15) is 0 Å². The smallest absolute Gasteiger partial charge is 0.108 e. The number of hydrogen-bond acceptors (Lipinski definition) is 1. The van der Waals surface area contributed by atoms with Crippen molar-refractivity contribution in [3.63, 3.8) is 0 Å². The second-order valence-electron chi connectivity index (χ2n) is 3.14. The number of aromatic nitrogens is 2. The standard InChI is InChI=1S/C10H11ClN2.ClH/c1-7-2-3-8-9(6-7)13-10(12-8)4-5-11;/h2-3,6H,4-5H2,1H3,(H,12,13);1H. The number of imidazole rings is 1. The van der Waals surface area contributed by atoms with Crippen LogP contribution in [0.15, 0.2) is 18.2 Å². The fourth-order valence-corrected chi connectivity index (χ4v) is 1.56. The SMILES string of the molecule is Cc1ccc2nc(CCCl)[nH]c2c1.Cl. The molecule has 0 saturated carbocycles. The van der Waals surface area contributed by atoms with Gasteiger partial charge in [0.2, 0.25) is 0 Å². The third kappa shape index (κ3) is 2.20. The Labute approximate surface area is 94.1 Å². The van der Waals surface area contributed by atoms with Crippen LogP contribution in [0.4, 0.5) is 0 Å². The normalized spacial score (nSPS) is 10.1. The fourth-order valence-electron chi connectivity index (χ4n) is 1.38. The fraction of sp³-hybridized carbons (Fsp3) is 0.300. The molecular weight excluding hydrogens is 219 g/mol. The molecule has 0 aliphatic heterocycles. The first-order chi connectivity index (χ1) is 6.29. The molecule has 0 saturated heterocycles. The molecule has 0 unspecified atom stereocenters. The first-order valence-corrected chi connectivity index (χ1v) is 4.84. The van der Waals surface area contributed by atoms with Crippen molar-refractivity contribution in [2.24, 2.45) is 0 Å². The van der Waals surface area contributed by atoms with Crippen molar-refractivity contribution in [3.05, 3.63) is 29.6 Å². The van der Waals surface area contributed by atoms with Crippen LogP contribution in [0, 0.1) is 6.92 Å². The number of nitrogens with zero attached hydrogens (tertiary/aromatic N) is 1. The monoisotopic (exact) mass is 230 g/mol. The summed E-state index contributed by atoms with van der Waals surface area (Å²) in [6.45, 7) is 2.07. The van der Waals surface area contributed by atoms with E-state index in [0.29, 0.717) is 5.88 Å². The highest BCUT2D eigenvalue weighted by Crippen LogP contribution is 2.13. The molecule has 0 atom stereocenters. The average molecular weight is 231 g/mol. The second-order valence-corrected chi connectivity index (χ2v) is 3.52. The molecule has 1 N–H and O–H groups in total. The van der Waals surface area contributed by atoms with Gasteiger partial charge in [-0.1, -0.05) is 6.07 Å². The Balaban J connectivity index is 0.000000980. The van der Waals surface area contributed by atoms with Crippen molar-refractivity contribution < 1.29 is 0 Å². The van der Waals surface area contributed by atoms with Gasteiger partial charge in [-0.05, 0) is 24.6 Å². The number of aryl methyl sites for hydroxylation is 2. The minimum atomic E-state index is 0. The van der Waals surface area contributed by atoms with E-state index in [4.69, 9.17) is 11.6 Å². The Morgan fingerprint density at radius 2 is 2.21 bits per heavy atom. The second kappa shape index (κ2) is 4.67. The first-order valence-electron chi connectivity index (χ1n) is 4.31. The Hall–Kier alpha value is -0.730. The molecule has 1 aromatic heterocycles. The minimum absolute atomic E-state index is 0. The van der Waals surface area contributed by atoms with Crippen molar-refractivity contribution in [2.75, 3.05) is 5.88 Å². The highest BCUT2D eigenvalue weighted by atomic mass is 35.5. The zero-order valence-corrected chi connectivity index (χ0v) is 9.45. The lowest BCUT2D eigenvalue weighted by Gasteiger charge is -1.89. The number of H-pyrrole nitrogens is 1. The van der Waals surface area contributed by atoms with Crippen molar-refractivity contribution in [1.82, 2.24) is 9.97 Å². The highest BCUT2D eigenvalue weighted by Gasteiger charge is 2.01. The van der Waals surface area contributed by atoms with E-state index in [1.54, 1.807) is 0 Å². The van der Waals surface area contributed by atoms with E-state index >= 15 is 0 Å². The average Bonchev–Trinajstić information content (AvgIpc) is 2.46. The summed E-state index contributed by atoms with van der Waals surface area (Å²) < 4.78 is 0. The molecule has 2 aromatic rings. The van der Waals surface area contributed by atoms with Gasteiger partial charge in [0.05, 0.1) is 11.0 Å². The van der Waals surface area contributed by atoms with Crippen molar-refractivity contribution >= 4 is 35.0 Å². The largest absolute Gasteiger partial charge is 0.342 e. The van der Waals surface area contributed by atoms with Gasteiger partial charge in [0.1, 0.15) is 5.82 Å². The molecule has 0 spiro atoms. The molecule has 1 heterocycles. The number of hydrogen-bond donors (Lipinski definition) is 1. The van der Waals surface area contributed by atoms with Crippen LogP contribution in [0.5, 0.6) is 0 Å². The van der Waals surface area contributed by atoms with Crippen LogP contribution in [0.3, 0.4) is 0 Å². The van der Waals surface area contributed by atoms with Crippen LogP contribution < -0.4 is 0 Å². The number of halogens is 2. The van der Waals surface area contributed by atoms with E-state index in [1.807, 2.05) is 6.07 Å². The van der Waals surface area contributed by atoms with Crippen molar-refractivity contribution in [1.29, 1.82) is 0 Å². The summed E-state index contributed by atoms with van der Waals surface area (Å²) in [6, 6.07) is 6.19. The number of aromatic amines is 1. The molecule has 1 aromatic carbocycles. The summed E-state index contributed by atoms with van der Waals surface area (Å²) >= 11 is 5.63. The van der Waals surface area contributed by atoms with Crippen LogP contribution in [-0.2, 0) is 6.42 Å². The Kier molecular flexibility index (Phi) is 3.78. The molecular formula is C10H12Cl2N2. The van der Waals surface area contributed by atoms with Crippen molar-refractivity contribution in [2.45, 2.75) is 13.3 Å². The highest BCUT2D eigenvalue weighted by molar-refractivity contribution is 6.17. The van der Waals surface area contributed by atoms with Crippen LogP contribution in [0.1, 0.15) is 11.4 Å². The molecule has 2 nitrogen and oxygen atoms in total. The number of rotatable bonds is 2. The summed E-state index contributed by atoms with van der Waals surface area (Å²) in [4.78, 5) is 7.65. The van der Waals surface area contributed by atoms with E-state index in [2.05, 4.69) is 29.0 Å². The Morgan fingerprint density at radius 1 is 1.43 bits per heavy atom. The van der Waals surface area contributed by atoms with Crippen molar-refractivity contribution in [3.8, 4) is 0 Å². The van der Waals surface area contributed by atoms with E-state index in [1.165, 1.54) is 5.56 Å². The topological polar surface area (TPSA) is 28.7 Å². The first kappa shape index (κ1) is 11.3. The van der Waals surface area contributed by atoms with Gasteiger partial charge in [0.25, 0.3) is 0 Å². The van der Waals surface area contributed by atoms with Gasteiger partial charge in [-0.25, -0.2) is 4.98 Å². The summed E-state index contributed by atoms with van der Waals surface area (Å²) in [5.74, 6) is 1.58. The predicted octanol–water partition coefficient (Wildman–Crippen LogP) is 3.07. The zero-order chi connectivity index (χ0) is 9.26. The van der Waals surface area contributed by atoms with Gasteiger partial charge in [-0.3, -0.25) is 0 Å². The number of benzene rings is 1. The molecule has 0 aliphatic carbocycles. The Morgan fingerprint density at radius 3 is 2.93 bits per heavy atom. The van der Waals surface area contributed by atoms with Gasteiger partial charge in [0, 0.05) is 12.3 Å². The summed E-state index contributed by atoms with van der Waals surface area (Å²) in [5, 5.41) is 0. The maximum Gasteiger partial charge on any atom is 0.108 e. The molecule has 0 aliphatic rings. The zero-order valence-electron chi connectivity index (χ0n) is 7.88. The van der Waals surface area contributed by atoms with Gasteiger partial charge in [0.15, 0.2) is 0 Å². The van der Waals surface area contributed by atoms with Crippen LogP contribution in [0.2, 0.25) is 0 Å². The van der Waals surface area contributed by atoms with E-state index in [0.717, 1.165) is 23.3 Å². The Bertz CT molecular complexity index is 423. The molecule has 14 heavy (non-hydrogen) atoms. The minimum Gasteiger partial charge on any atom is -0.342 e.